The highest BCUT2D eigenvalue weighted by Gasteiger charge is 2.25. The standard InChI is InChI=1S/C21H25N5O2/c1-15(26-10-2-4-16(26)13-23)14-25-21(27)18-7-9-24-20-6-5-17(12-19(18)20)28-11-3-8-22/h5-7,9,12,16H,1-4,8,10-11,14,22H2,(H,25,27). The van der Waals surface area contributed by atoms with Gasteiger partial charge in [-0.05, 0) is 50.1 Å². The summed E-state index contributed by atoms with van der Waals surface area (Å²) in [4.78, 5) is 19.1. The Balaban J connectivity index is 1.71. The summed E-state index contributed by atoms with van der Waals surface area (Å²) in [6.45, 7) is 6.23. The first-order chi connectivity index (χ1) is 13.6. The van der Waals surface area contributed by atoms with Crippen molar-refractivity contribution in [2.24, 2.45) is 5.73 Å². The van der Waals surface area contributed by atoms with Crippen molar-refractivity contribution in [3.05, 3.63) is 48.3 Å². The second kappa shape index (κ2) is 9.20. The van der Waals surface area contributed by atoms with Gasteiger partial charge in [0, 0.05) is 23.8 Å². The number of nitrogens with two attached hydrogens (primary N) is 1. The van der Waals surface area contributed by atoms with Gasteiger partial charge in [0.15, 0.2) is 0 Å². The van der Waals surface area contributed by atoms with Gasteiger partial charge in [-0.3, -0.25) is 9.78 Å². The SMILES string of the molecule is C=C(CNC(=O)c1ccnc2ccc(OCCCN)cc12)N1CCCC1C#N. The van der Waals surface area contributed by atoms with Crippen LogP contribution in [0.1, 0.15) is 29.6 Å². The lowest BCUT2D eigenvalue weighted by atomic mass is 10.1. The molecule has 2 aromatic rings. The first-order valence-corrected chi connectivity index (χ1v) is 9.48. The summed E-state index contributed by atoms with van der Waals surface area (Å²) in [5.74, 6) is 0.474. The fraction of sp³-hybridized carbons (Fsp3) is 0.381. The maximum absolute atomic E-state index is 12.8. The van der Waals surface area contributed by atoms with E-state index in [0.717, 1.165) is 42.4 Å². The van der Waals surface area contributed by atoms with Gasteiger partial charge in [0.2, 0.25) is 0 Å². The Morgan fingerprint density at radius 2 is 2.32 bits per heavy atom. The molecule has 7 heteroatoms. The van der Waals surface area contributed by atoms with E-state index in [1.54, 1.807) is 12.3 Å². The smallest absolute Gasteiger partial charge is 0.252 e. The third-order valence-electron chi connectivity index (χ3n) is 4.84. The van der Waals surface area contributed by atoms with Gasteiger partial charge in [-0.15, -0.1) is 0 Å². The summed E-state index contributed by atoms with van der Waals surface area (Å²) >= 11 is 0. The van der Waals surface area contributed by atoms with Crippen molar-refractivity contribution >= 4 is 16.8 Å². The first-order valence-electron chi connectivity index (χ1n) is 9.48. The zero-order valence-corrected chi connectivity index (χ0v) is 15.9. The minimum atomic E-state index is -0.208. The van der Waals surface area contributed by atoms with Crippen LogP contribution < -0.4 is 15.8 Å². The molecule has 0 aliphatic carbocycles. The molecule has 1 aliphatic heterocycles. The molecule has 0 spiro atoms. The Morgan fingerprint density at radius 3 is 3.11 bits per heavy atom. The topological polar surface area (TPSA) is 104 Å². The molecule has 0 radical (unpaired) electrons. The number of benzene rings is 1. The van der Waals surface area contributed by atoms with Crippen LogP contribution in [0.15, 0.2) is 42.7 Å². The van der Waals surface area contributed by atoms with Crippen LogP contribution in [0.5, 0.6) is 5.75 Å². The number of fused-ring (bicyclic) bond motifs is 1. The van der Waals surface area contributed by atoms with Crippen LogP contribution >= 0.6 is 0 Å². The molecule has 7 nitrogen and oxygen atoms in total. The normalized spacial score (nSPS) is 16.0. The summed E-state index contributed by atoms with van der Waals surface area (Å²) in [5.41, 5.74) is 7.50. The fourth-order valence-corrected chi connectivity index (χ4v) is 3.34. The van der Waals surface area contributed by atoms with E-state index in [-0.39, 0.29) is 11.9 Å². The second-order valence-electron chi connectivity index (χ2n) is 6.76. The van der Waals surface area contributed by atoms with E-state index in [2.05, 4.69) is 22.9 Å². The average molecular weight is 379 g/mol. The number of nitriles is 1. The van der Waals surface area contributed by atoms with Crippen LogP contribution in [0.4, 0.5) is 0 Å². The maximum atomic E-state index is 12.8. The number of rotatable bonds is 8. The fourth-order valence-electron chi connectivity index (χ4n) is 3.34. The predicted molar refractivity (Wildman–Crippen MR) is 108 cm³/mol. The van der Waals surface area contributed by atoms with Crippen molar-refractivity contribution in [1.82, 2.24) is 15.2 Å². The quantitative estimate of drug-likeness (QED) is 0.682. The molecule has 28 heavy (non-hydrogen) atoms. The molecule has 1 saturated heterocycles. The van der Waals surface area contributed by atoms with Gasteiger partial charge >= 0.3 is 0 Å². The van der Waals surface area contributed by atoms with Crippen molar-refractivity contribution in [1.29, 1.82) is 5.26 Å². The molecule has 1 aromatic heterocycles. The van der Waals surface area contributed by atoms with Crippen molar-refractivity contribution in [3.63, 3.8) is 0 Å². The second-order valence-corrected chi connectivity index (χ2v) is 6.76. The van der Waals surface area contributed by atoms with E-state index in [1.807, 2.05) is 23.1 Å². The number of pyridine rings is 1. The summed E-state index contributed by atoms with van der Waals surface area (Å²) in [5, 5.41) is 12.9. The van der Waals surface area contributed by atoms with E-state index in [9.17, 15) is 10.1 Å². The largest absolute Gasteiger partial charge is 0.494 e. The molecule has 3 N–H and O–H groups in total. The minimum Gasteiger partial charge on any atom is -0.494 e. The Hall–Kier alpha value is -3.11. The predicted octanol–water partition coefficient (Wildman–Crippen LogP) is 2.19. The highest BCUT2D eigenvalue weighted by Crippen LogP contribution is 2.23. The molecule has 1 aromatic carbocycles. The zero-order chi connectivity index (χ0) is 19.9. The molecule has 1 unspecified atom stereocenters. The van der Waals surface area contributed by atoms with Crippen molar-refractivity contribution in [2.45, 2.75) is 25.3 Å². The zero-order valence-electron chi connectivity index (χ0n) is 15.9. The first kappa shape index (κ1) is 19.6. The summed E-state index contributed by atoms with van der Waals surface area (Å²) in [6, 6.07) is 9.33. The summed E-state index contributed by atoms with van der Waals surface area (Å²) in [7, 11) is 0. The van der Waals surface area contributed by atoms with Crippen LogP contribution in [0.25, 0.3) is 10.9 Å². The number of amides is 1. The molecule has 146 valence electrons. The van der Waals surface area contributed by atoms with Crippen LogP contribution in [-0.2, 0) is 0 Å². The van der Waals surface area contributed by atoms with Crippen molar-refractivity contribution in [2.75, 3.05) is 26.2 Å². The van der Waals surface area contributed by atoms with Crippen molar-refractivity contribution < 1.29 is 9.53 Å². The maximum Gasteiger partial charge on any atom is 0.252 e. The van der Waals surface area contributed by atoms with Gasteiger partial charge in [0.25, 0.3) is 5.91 Å². The number of aromatic nitrogens is 1. The summed E-state index contributed by atoms with van der Waals surface area (Å²) < 4.78 is 5.69. The Kier molecular flexibility index (Phi) is 6.45. The third kappa shape index (κ3) is 4.41. The Labute approximate surface area is 164 Å². The van der Waals surface area contributed by atoms with Gasteiger partial charge in [-0.1, -0.05) is 6.58 Å². The van der Waals surface area contributed by atoms with Gasteiger partial charge in [-0.2, -0.15) is 5.26 Å². The van der Waals surface area contributed by atoms with E-state index in [4.69, 9.17) is 10.5 Å². The number of carbonyl (C=O) groups is 1. The van der Waals surface area contributed by atoms with E-state index in [1.165, 1.54) is 0 Å². The number of hydrogen-bond donors (Lipinski definition) is 2. The Morgan fingerprint density at radius 1 is 1.46 bits per heavy atom. The number of nitrogens with zero attached hydrogens (tertiary/aromatic N) is 3. The number of hydrogen-bond acceptors (Lipinski definition) is 6. The number of nitrogens with one attached hydrogen (secondary N) is 1. The molecule has 3 rings (SSSR count). The Bertz CT molecular complexity index is 905. The third-order valence-corrected chi connectivity index (χ3v) is 4.84. The van der Waals surface area contributed by atoms with Crippen LogP contribution in [0.2, 0.25) is 0 Å². The average Bonchev–Trinajstić information content (AvgIpc) is 3.20. The monoisotopic (exact) mass is 379 g/mol. The van der Waals surface area contributed by atoms with E-state index < -0.39 is 0 Å². The van der Waals surface area contributed by atoms with Crippen LogP contribution in [-0.4, -0.2) is 48.1 Å². The molecule has 2 heterocycles. The number of carbonyl (C=O) groups excluding carboxylic acids is 1. The van der Waals surface area contributed by atoms with Gasteiger partial charge < -0.3 is 20.7 Å². The van der Waals surface area contributed by atoms with Crippen LogP contribution in [0, 0.1) is 11.3 Å². The van der Waals surface area contributed by atoms with E-state index >= 15 is 0 Å². The van der Waals surface area contributed by atoms with E-state index in [0.29, 0.717) is 31.0 Å². The van der Waals surface area contributed by atoms with Gasteiger partial charge in [-0.25, -0.2) is 0 Å². The molecular formula is C21H25N5O2. The summed E-state index contributed by atoms with van der Waals surface area (Å²) in [6.07, 6.45) is 4.19. The molecular weight excluding hydrogens is 354 g/mol. The van der Waals surface area contributed by atoms with Crippen LogP contribution in [0.3, 0.4) is 0 Å². The minimum absolute atomic E-state index is 0.153. The lowest BCUT2D eigenvalue weighted by molar-refractivity contribution is 0.0955. The lowest BCUT2D eigenvalue weighted by Crippen LogP contribution is -2.34. The van der Waals surface area contributed by atoms with Crippen molar-refractivity contribution in [3.8, 4) is 11.8 Å². The highest BCUT2D eigenvalue weighted by molar-refractivity contribution is 6.06. The molecule has 1 atom stereocenters. The van der Waals surface area contributed by atoms with Gasteiger partial charge in [0.1, 0.15) is 11.8 Å². The number of likely N-dealkylation sites (tertiary alicyclic amines) is 1. The molecule has 1 amide bonds. The molecule has 0 saturated carbocycles. The molecule has 1 aliphatic rings. The lowest BCUT2D eigenvalue weighted by Gasteiger charge is -2.24. The number of ether oxygens (including phenoxy) is 1. The molecule has 0 bridgehead atoms. The molecule has 1 fully saturated rings. The van der Waals surface area contributed by atoms with Gasteiger partial charge in [0.05, 0.1) is 30.3 Å². The highest BCUT2D eigenvalue weighted by atomic mass is 16.5.